The fourth-order valence-corrected chi connectivity index (χ4v) is 3.66. The van der Waals surface area contributed by atoms with E-state index in [0.717, 1.165) is 11.3 Å². The van der Waals surface area contributed by atoms with Crippen molar-refractivity contribution >= 4 is 29.0 Å². The number of nitro groups is 1. The molecular formula is C21H17N5O4S. The maximum absolute atomic E-state index is 12.5. The monoisotopic (exact) mass is 435 g/mol. The predicted molar refractivity (Wildman–Crippen MR) is 116 cm³/mol. The van der Waals surface area contributed by atoms with E-state index in [-0.39, 0.29) is 17.1 Å². The van der Waals surface area contributed by atoms with Gasteiger partial charge in [0.2, 0.25) is 11.7 Å². The third-order valence-corrected chi connectivity index (χ3v) is 5.30. The van der Waals surface area contributed by atoms with Crippen molar-refractivity contribution in [3.8, 4) is 17.3 Å². The number of carbonyl (C=O) groups excluding carboxylic acids is 1. The zero-order chi connectivity index (χ0) is 21.8. The second kappa shape index (κ2) is 8.84. The van der Waals surface area contributed by atoms with Crippen LogP contribution < -0.4 is 5.32 Å². The summed E-state index contributed by atoms with van der Waals surface area (Å²) in [4.78, 5) is 23.1. The van der Waals surface area contributed by atoms with Crippen LogP contribution in [0.5, 0.6) is 0 Å². The van der Waals surface area contributed by atoms with E-state index in [0.29, 0.717) is 16.7 Å². The fourth-order valence-electron chi connectivity index (χ4n) is 2.91. The first kappa shape index (κ1) is 20.4. The molecule has 1 N–H and O–H groups in total. The zero-order valence-electron chi connectivity index (χ0n) is 16.4. The van der Waals surface area contributed by atoms with Crippen LogP contribution in [-0.4, -0.2) is 31.3 Å². The molecule has 0 aliphatic carbocycles. The summed E-state index contributed by atoms with van der Waals surface area (Å²) in [6, 6.07) is 17.3. The Morgan fingerprint density at radius 3 is 2.61 bits per heavy atom. The molecule has 2 heterocycles. The SMILES string of the molecule is Cc1ccc(-n2c(SCC(=O)Nc3ccccc3[N+](=O)[O-])nnc2-c2ccco2)cc1. The predicted octanol–water partition coefficient (Wildman–Crippen LogP) is 4.47. The number of carbonyl (C=O) groups is 1. The van der Waals surface area contributed by atoms with Crippen LogP contribution >= 0.6 is 11.8 Å². The molecule has 4 aromatic rings. The Hall–Kier alpha value is -3.92. The molecule has 2 aromatic carbocycles. The molecule has 0 aliphatic rings. The fraction of sp³-hybridized carbons (Fsp3) is 0.0952. The van der Waals surface area contributed by atoms with Crippen molar-refractivity contribution in [2.75, 3.05) is 11.1 Å². The third kappa shape index (κ3) is 4.48. The van der Waals surface area contributed by atoms with Gasteiger partial charge < -0.3 is 9.73 Å². The van der Waals surface area contributed by atoms with Gasteiger partial charge in [-0.1, -0.05) is 41.6 Å². The highest BCUT2D eigenvalue weighted by Crippen LogP contribution is 2.29. The molecule has 0 saturated heterocycles. The summed E-state index contributed by atoms with van der Waals surface area (Å²) in [5.41, 5.74) is 1.91. The number of rotatable bonds is 7. The van der Waals surface area contributed by atoms with Crippen LogP contribution in [0.2, 0.25) is 0 Å². The Labute approximate surface area is 181 Å². The second-order valence-corrected chi connectivity index (χ2v) is 7.51. The Balaban J connectivity index is 1.57. The van der Waals surface area contributed by atoms with E-state index in [9.17, 15) is 14.9 Å². The zero-order valence-corrected chi connectivity index (χ0v) is 17.2. The molecule has 10 heteroatoms. The largest absolute Gasteiger partial charge is 0.461 e. The van der Waals surface area contributed by atoms with Gasteiger partial charge in [0.15, 0.2) is 10.9 Å². The summed E-state index contributed by atoms with van der Waals surface area (Å²) in [5, 5.41) is 22.7. The minimum absolute atomic E-state index is 0.00576. The van der Waals surface area contributed by atoms with Crippen molar-refractivity contribution < 1.29 is 14.1 Å². The van der Waals surface area contributed by atoms with Crippen LogP contribution in [0.4, 0.5) is 11.4 Å². The molecule has 0 radical (unpaired) electrons. The highest BCUT2D eigenvalue weighted by Gasteiger charge is 2.20. The Bertz CT molecular complexity index is 1220. The van der Waals surface area contributed by atoms with Gasteiger partial charge >= 0.3 is 0 Å². The lowest BCUT2D eigenvalue weighted by atomic mass is 10.2. The Morgan fingerprint density at radius 2 is 1.90 bits per heavy atom. The van der Waals surface area contributed by atoms with Crippen LogP contribution in [0.3, 0.4) is 0 Å². The van der Waals surface area contributed by atoms with Gasteiger partial charge in [-0.25, -0.2) is 0 Å². The van der Waals surface area contributed by atoms with Crippen molar-refractivity contribution in [3.05, 3.63) is 82.6 Å². The van der Waals surface area contributed by atoms with E-state index in [1.54, 1.807) is 35.1 Å². The minimum Gasteiger partial charge on any atom is -0.461 e. The molecule has 0 atom stereocenters. The number of hydrogen-bond donors (Lipinski definition) is 1. The second-order valence-electron chi connectivity index (χ2n) is 6.57. The number of thioether (sulfide) groups is 1. The molecule has 0 spiro atoms. The van der Waals surface area contributed by atoms with Crippen LogP contribution in [-0.2, 0) is 4.79 Å². The lowest BCUT2D eigenvalue weighted by Crippen LogP contribution is -2.15. The Kier molecular flexibility index (Phi) is 5.80. The molecule has 1 amide bonds. The number of aryl methyl sites for hydroxylation is 1. The maximum atomic E-state index is 12.5. The summed E-state index contributed by atoms with van der Waals surface area (Å²) in [5.74, 6) is 0.658. The van der Waals surface area contributed by atoms with Crippen LogP contribution in [0.15, 0.2) is 76.5 Å². The third-order valence-electron chi connectivity index (χ3n) is 4.37. The number of benzene rings is 2. The maximum Gasteiger partial charge on any atom is 0.292 e. The van der Waals surface area contributed by atoms with Crippen LogP contribution in [0.25, 0.3) is 17.3 Å². The molecule has 9 nitrogen and oxygen atoms in total. The molecule has 4 rings (SSSR count). The summed E-state index contributed by atoms with van der Waals surface area (Å²) in [6.07, 6.45) is 1.55. The minimum atomic E-state index is -0.535. The molecule has 0 unspecified atom stereocenters. The van der Waals surface area contributed by atoms with Crippen molar-refractivity contribution in [2.45, 2.75) is 12.1 Å². The molecule has 0 bridgehead atoms. The highest BCUT2D eigenvalue weighted by atomic mass is 32.2. The number of furan rings is 1. The van der Waals surface area contributed by atoms with Gasteiger partial charge in [0, 0.05) is 11.8 Å². The Morgan fingerprint density at radius 1 is 1.13 bits per heavy atom. The normalized spacial score (nSPS) is 10.7. The van der Waals surface area contributed by atoms with Gasteiger partial charge in [0.05, 0.1) is 16.9 Å². The number of nitro benzene ring substituents is 1. The highest BCUT2D eigenvalue weighted by molar-refractivity contribution is 7.99. The van der Waals surface area contributed by atoms with Gasteiger partial charge in [-0.2, -0.15) is 0 Å². The molecule has 0 saturated carbocycles. The van der Waals surface area contributed by atoms with Crippen molar-refractivity contribution in [3.63, 3.8) is 0 Å². The number of nitrogens with one attached hydrogen (secondary N) is 1. The van der Waals surface area contributed by atoms with E-state index in [2.05, 4.69) is 15.5 Å². The first-order valence-electron chi connectivity index (χ1n) is 9.25. The molecule has 156 valence electrons. The van der Waals surface area contributed by atoms with Gasteiger partial charge in [-0.05, 0) is 37.3 Å². The van der Waals surface area contributed by atoms with Gasteiger partial charge in [-0.3, -0.25) is 19.5 Å². The summed E-state index contributed by atoms with van der Waals surface area (Å²) >= 11 is 1.17. The number of nitrogens with zero attached hydrogens (tertiary/aromatic N) is 4. The van der Waals surface area contributed by atoms with Gasteiger partial charge in [0.25, 0.3) is 5.69 Å². The summed E-state index contributed by atoms with van der Waals surface area (Å²) < 4.78 is 7.29. The molecule has 31 heavy (non-hydrogen) atoms. The van der Waals surface area contributed by atoms with Crippen molar-refractivity contribution in [1.82, 2.24) is 14.8 Å². The molecule has 0 fully saturated rings. The molecule has 0 aliphatic heterocycles. The van der Waals surface area contributed by atoms with E-state index in [1.165, 1.54) is 23.9 Å². The topological polar surface area (TPSA) is 116 Å². The number of anilines is 1. The number of hydrogen-bond acceptors (Lipinski definition) is 7. The van der Waals surface area contributed by atoms with Gasteiger partial charge in [0.1, 0.15) is 5.69 Å². The summed E-state index contributed by atoms with van der Waals surface area (Å²) in [6.45, 7) is 1.99. The quantitative estimate of drug-likeness (QED) is 0.258. The number of amides is 1. The van der Waals surface area contributed by atoms with Crippen molar-refractivity contribution in [2.24, 2.45) is 0 Å². The first-order valence-corrected chi connectivity index (χ1v) is 10.2. The number of para-hydroxylation sites is 2. The average Bonchev–Trinajstić information content (AvgIpc) is 3.43. The van der Waals surface area contributed by atoms with E-state index < -0.39 is 10.8 Å². The summed E-state index contributed by atoms with van der Waals surface area (Å²) in [7, 11) is 0. The lowest BCUT2D eigenvalue weighted by Gasteiger charge is -2.10. The standard InChI is InChI=1S/C21H17N5O4S/c1-14-8-10-15(11-9-14)25-20(18-7-4-12-30-18)23-24-21(25)31-13-19(27)22-16-5-2-3-6-17(16)26(28)29/h2-12H,13H2,1H3,(H,22,27). The number of aromatic nitrogens is 3. The lowest BCUT2D eigenvalue weighted by molar-refractivity contribution is -0.383. The van der Waals surface area contributed by atoms with Crippen molar-refractivity contribution in [1.29, 1.82) is 0 Å². The average molecular weight is 435 g/mol. The van der Waals surface area contributed by atoms with E-state index in [4.69, 9.17) is 4.42 Å². The van der Waals surface area contributed by atoms with Gasteiger partial charge in [-0.15, -0.1) is 10.2 Å². The molecular weight excluding hydrogens is 418 g/mol. The van der Waals surface area contributed by atoms with E-state index in [1.807, 2.05) is 31.2 Å². The first-order chi connectivity index (χ1) is 15.0. The van der Waals surface area contributed by atoms with Crippen LogP contribution in [0, 0.1) is 17.0 Å². The van der Waals surface area contributed by atoms with E-state index >= 15 is 0 Å². The molecule has 2 aromatic heterocycles. The van der Waals surface area contributed by atoms with Crippen LogP contribution in [0.1, 0.15) is 5.56 Å². The smallest absolute Gasteiger partial charge is 0.292 e.